The van der Waals surface area contributed by atoms with Crippen LogP contribution in [-0.2, 0) is 16.6 Å². The van der Waals surface area contributed by atoms with Gasteiger partial charge in [0.05, 0.1) is 0 Å². The van der Waals surface area contributed by atoms with E-state index in [1.54, 1.807) is 4.31 Å². The Morgan fingerprint density at radius 1 is 1.35 bits per heavy atom. The van der Waals surface area contributed by atoms with Crippen molar-refractivity contribution in [2.24, 2.45) is 5.73 Å². The fourth-order valence-electron chi connectivity index (χ4n) is 2.21. The molecule has 0 atom stereocenters. The molecule has 2 rings (SSSR count). The average molecular weight is 274 g/mol. The second-order valence-electron chi connectivity index (χ2n) is 4.34. The summed E-state index contributed by atoms with van der Waals surface area (Å²) < 4.78 is 26.7. The second-order valence-corrected chi connectivity index (χ2v) is 7.18. The number of hydrogen-bond acceptors (Lipinski definition) is 4. The van der Waals surface area contributed by atoms with Gasteiger partial charge < -0.3 is 5.73 Å². The van der Waals surface area contributed by atoms with Gasteiger partial charge in [-0.05, 0) is 30.7 Å². The standard InChI is InChI=1S/C11H18N2O2S2/c1-9-8-16-10(7-12)11(9)17(14,15)13-5-3-2-4-6-13/h8H,2-7,12H2,1H3. The normalized spacial score (nSPS) is 18.5. The smallest absolute Gasteiger partial charge is 0.244 e. The number of sulfonamides is 1. The summed E-state index contributed by atoms with van der Waals surface area (Å²) in [6.07, 6.45) is 3.04. The summed E-state index contributed by atoms with van der Waals surface area (Å²) in [5, 5.41) is 1.87. The highest BCUT2D eigenvalue weighted by Gasteiger charge is 2.30. The lowest BCUT2D eigenvalue weighted by Crippen LogP contribution is -2.36. The minimum absolute atomic E-state index is 0.293. The van der Waals surface area contributed by atoms with Crippen molar-refractivity contribution < 1.29 is 8.42 Å². The molecule has 1 aliphatic rings. The lowest BCUT2D eigenvalue weighted by molar-refractivity contribution is 0.346. The molecule has 0 spiro atoms. The third-order valence-electron chi connectivity index (χ3n) is 3.09. The van der Waals surface area contributed by atoms with Gasteiger partial charge in [0, 0.05) is 24.5 Å². The molecule has 2 N–H and O–H groups in total. The minimum Gasteiger partial charge on any atom is -0.326 e. The third-order valence-corrected chi connectivity index (χ3v) is 6.47. The van der Waals surface area contributed by atoms with Crippen LogP contribution >= 0.6 is 11.3 Å². The van der Waals surface area contributed by atoms with E-state index in [0.29, 0.717) is 24.5 Å². The Morgan fingerprint density at radius 3 is 2.59 bits per heavy atom. The van der Waals surface area contributed by atoms with E-state index in [2.05, 4.69) is 0 Å². The molecule has 1 fully saturated rings. The number of aryl methyl sites for hydroxylation is 1. The molecular weight excluding hydrogens is 256 g/mol. The van der Waals surface area contributed by atoms with Gasteiger partial charge in [0.25, 0.3) is 0 Å². The Balaban J connectivity index is 2.39. The molecule has 1 aromatic heterocycles. The van der Waals surface area contributed by atoms with Gasteiger partial charge in [-0.1, -0.05) is 6.42 Å². The van der Waals surface area contributed by atoms with E-state index in [4.69, 9.17) is 5.73 Å². The van der Waals surface area contributed by atoms with Crippen molar-refractivity contribution >= 4 is 21.4 Å². The zero-order valence-corrected chi connectivity index (χ0v) is 11.6. The maximum Gasteiger partial charge on any atom is 0.244 e. The molecule has 4 nitrogen and oxygen atoms in total. The van der Waals surface area contributed by atoms with Crippen LogP contribution in [0.2, 0.25) is 0 Å². The van der Waals surface area contributed by atoms with Crippen LogP contribution < -0.4 is 5.73 Å². The Bertz CT molecular complexity index is 488. The molecule has 0 radical (unpaired) electrons. The van der Waals surface area contributed by atoms with Crippen LogP contribution in [-0.4, -0.2) is 25.8 Å². The maximum atomic E-state index is 12.5. The summed E-state index contributed by atoms with van der Waals surface area (Å²) in [4.78, 5) is 1.22. The molecule has 1 saturated heterocycles. The summed E-state index contributed by atoms with van der Waals surface area (Å²) in [7, 11) is -3.33. The summed E-state index contributed by atoms with van der Waals surface area (Å²) in [5.74, 6) is 0. The van der Waals surface area contributed by atoms with E-state index >= 15 is 0 Å². The quantitative estimate of drug-likeness (QED) is 0.912. The van der Waals surface area contributed by atoms with Crippen molar-refractivity contribution in [2.45, 2.75) is 37.6 Å². The highest BCUT2D eigenvalue weighted by atomic mass is 32.2. The SMILES string of the molecule is Cc1csc(CN)c1S(=O)(=O)N1CCCCC1. The lowest BCUT2D eigenvalue weighted by atomic mass is 10.2. The van der Waals surface area contributed by atoms with E-state index in [1.165, 1.54) is 11.3 Å². The number of thiophene rings is 1. The minimum atomic E-state index is -3.33. The van der Waals surface area contributed by atoms with Crippen LogP contribution in [0.4, 0.5) is 0 Å². The number of hydrogen-bond donors (Lipinski definition) is 1. The van der Waals surface area contributed by atoms with Gasteiger partial charge in [-0.2, -0.15) is 4.31 Å². The molecule has 0 unspecified atom stereocenters. The van der Waals surface area contributed by atoms with Crippen LogP contribution in [0.25, 0.3) is 0 Å². The Morgan fingerprint density at radius 2 is 2.00 bits per heavy atom. The highest BCUT2D eigenvalue weighted by molar-refractivity contribution is 7.89. The lowest BCUT2D eigenvalue weighted by Gasteiger charge is -2.26. The monoisotopic (exact) mass is 274 g/mol. The fourth-order valence-corrected chi connectivity index (χ4v) is 5.38. The van der Waals surface area contributed by atoms with E-state index in [9.17, 15) is 8.42 Å². The first kappa shape index (κ1) is 13.0. The Kier molecular flexibility index (Phi) is 3.87. The number of piperidine rings is 1. The zero-order chi connectivity index (χ0) is 12.5. The van der Waals surface area contributed by atoms with Crippen molar-refractivity contribution in [3.8, 4) is 0 Å². The van der Waals surface area contributed by atoms with Crippen LogP contribution in [0, 0.1) is 6.92 Å². The maximum absolute atomic E-state index is 12.5. The fraction of sp³-hybridized carbons (Fsp3) is 0.636. The zero-order valence-electron chi connectivity index (χ0n) is 9.98. The summed E-state index contributed by atoms with van der Waals surface area (Å²) in [6, 6.07) is 0. The van der Waals surface area contributed by atoms with Crippen molar-refractivity contribution in [1.29, 1.82) is 0 Å². The predicted octanol–water partition coefficient (Wildman–Crippen LogP) is 1.69. The van der Waals surface area contributed by atoms with Gasteiger partial charge in [-0.25, -0.2) is 8.42 Å². The number of rotatable bonds is 3. The average Bonchev–Trinajstić information content (AvgIpc) is 2.72. The molecule has 2 heterocycles. The molecule has 6 heteroatoms. The number of nitrogens with two attached hydrogens (primary N) is 1. The van der Waals surface area contributed by atoms with E-state index in [1.807, 2.05) is 12.3 Å². The largest absolute Gasteiger partial charge is 0.326 e. The van der Waals surface area contributed by atoms with Gasteiger partial charge in [-0.3, -0.25) is 0 Å². The molecule has 17 heavy (non-hydrogen) atoms. The molecule has 0 amide bonds. The molecule has 1 aliphatic heterocycles. The third kappa shape index (κ3) is 2.40. The van der Waals surface area contributed by atoms with E-state index in [0.717, 1.165) is 29.7 Å². The van der Waals surface area contributed by atoms with Gasteiger partial charge >= 0.3 is 0 Å². The first-order valence-corrected chi connectivity index (χ1v) is 8.16. The predicted molar refractivity (Wildman–Crippen MR) is 69.6 cm³/mol. The summed E-state index contributed by atoms with van der Waals surface area (Å²) >= 11 is 1.44. The molecule has 0 aliphatic carbocycles. The molecule has 0 aromatic carbocycles. The molecule has 0 saturated carbocycles. The topological polar surface area (TPSA) is 63.4 Å². The molecular formula is C11H18N2O2S2. The van der Waals surface area contributed by atoms with Gasteiger partial charge in [0.2, 0.25) is 10.0 Å². The van der Waals surface area contributed by atoms with Gasteiger partial charge in [0.1, 0.15) is 4.90 Å². The van der Waals surface area contributed by atoms with E-state index < -0.39 is 10.0 Å². The first-order chi connectivity index (χ1) is 8.07. The molecule has 1 aromatic rings. The van der Waals surface area contributed by atoms with Crippen molar-refractivity contribution in [3.63, 3.8) is 0 Å². The van der Waals surface area contributed by atoms with Crippen molar-refractivity contribution in [1.82, 2.24) is 4.31 Å². The van der Waals surface area contributed by atoms with Gasteiger partial charge in [0.15, 0.2) is 0 Å². The molecule has 0 bridgehead atoms. The summed E-state index contributed by atoms with van der Waals surface area (Å²) in [5.41, 5.74) is 6.44. The van der Waals surface area contributed by atoms with Crippen LogP contribution in [0.3, 0.4) is 0 Å². The van der Waals surface area contributed by atoms with E-state index in [-0.39, 0.29) is 0 Å². The van der Waals surface area contributed by atoms with Crippen molar-refractivity contribution in [3.05, 3.63) is 15.8 Å². The van der Waals surface area contributed by atoms with Gasteiger partial charge in [-0.15, -0.1) is 11.3 Å². The Hall–Kier alpha value is -0.430. The van der Waals surface area contributed by atoms with Crippen molar-refractivity contribution in [2.75, 3.05) is 13.1 Å². The van der Waals surface area contributed by atoms with Crippen LogP contribution in [0.1, 0.15) is 29.7 Å². The van der Waals surface area contributed by atoms with Crippen LogP contribution in [0.15, 0.2) is 10.3 Å². The summed E-state index contributed by atoms with van der Waals surface area (Å²) in [6.45, 7) is 3.41. The second kappa shape index (κ2) is 5.06. The molecule has 96 valence electrons. The highest BCUT2D eigenvalue weighted by Crippen LogP contribution is 2.30. The van der Waals surface area contributed by atoms with Crippen LogP contribution in [0.5, 0.6) is 0 Å². The Labute approximate surface area is 106 Å². The number of nitrogens with zero attached hydrogens (tertiary/aromatic N) is 1. The first-order valence-electron chi connectivity index (χ1n) is 5.84.